The molecule has 1 N–H and O–H groups in total. The molecule has 1 saturated carbocycles. The lowest BCUT2D eigenvalue weighted by Crippen LogP contribution is -2.33. The number of imidazole rings is 1. The van der Waals surface area contributed by atoms with Crippen LogP contribution >= 0.6 is 0 Å². The number of allylic oxidation sites excluding steroid dienone is 1. The number of nitrogens with zero attached hydrogens (tertiary/aromatic N) is 2. The highest BCUT2D eigenvalue weighted by Gasteiger charge is 2.30. The number of carbonyl (C=O) groups excluding carboxylic acids is 1. The van der Waals surface area contributed by atoms with Crippen molar-refractivity contribution in [1.82, 2.24) is 14.9 Å². The summed E-state index contributed by atoms with van der Waals surface area (Å²) in [5.41, 5.74) is 7.04. The highest BCUT2D eigenvalue weighted by Crippen LogP contribution is 2.36. The highest BCUT2D eigenvalue weighted by atomic mass is 16.1. The van der Waals surface area contributed by atoms with Crippen LogP contribution in [0.3, 0.4) is 0 Å². The summed E-state index contributed by atoms with van der Waals surface area (Å²) in [4.78, 5) is 18.8. The Balaban J connectivity index is 1.26. The molecule has 4 aromatic rings. The lowest BCUT2D eigenvalue weighted by molar-refractivity contribution is -0.124. The van der Waals surface area contributed by atoms with E-state index in [1.807, 2.05) is 18.2 Å². The Morgan fingerprint density at radius 2 is 1.55 bits per heavy atom. The summed E-state index contributed by atoms with van der Waals surface area (Å²) in [5.74, 6) is 1.46. The zero-order valence-electron chi connectivity index (χ0n) is 23.3. The molecule has 0 aliphatic heterocycles. The molecule has 1 amide bonds. The Morgan fingerprint density at radius 1 is 0.850 bits per heavy atom. The van der Waals surface area contributed by atoms with Crippen molar-refractivity contribution < 1.29 is 4.79 Å². The number of hydrogen-bond acceptors (Lipinski definition) is 2. The van der Waals surface area contributed by atoms with Crippen LogP contribution in [0, 0.1) is 5.92 Å². The molecule has 3 aromatic carbocycles. The summed E-state index contributed by atoms with van der Waals surface area (Å²) in [6, 6.07) is 29.5. The molecule has 1 fully saturated rings. The number of benzene rings is 3. The first-order valence-electron chi connectivity index (χ1n) is 15.0. The lowest BCUT2D eigenvalue weighted by Gasteiger charge is -2.26. The molecular weight excluding hydrogens is 490 g/mol. The van der Waals surface area contributed by atoms with Crippen LogP contribution in [0.15, 0.2) is 91.0 Å². The standard InChI is InChI=1S/C36H39N3O/c40-36(37-25-27-13-5-3-6-14-27)34(29-15-7-1-2-8-16-29)30-23-21-28(22-24-30)26-39-33-20-12-11-19-32(33)38-35(39)31-17-9-4-10-18-31/h3-6,9-10,12-14,17-18,20-24,29,34H,1-2,7-8,11,15-16,19,25-26H2,(H,37,40). The molecule has 40 heavy (non-hydrogen) atoms. The molecule has 4 nitrogen and oxygen atoms in total. The van der Waals surface area contributed by atoms with E-state index in [4.69, 9.17) is 4.98 Å². The Hall–Kier alpha value is -3.92. The number of hydrogen-bond donors (Lipinski definition) is 1. The average Bonchev–Trinajstić information content (AvgIpc) is 3.16. The number of rotatable bonds is 8. The number of amides is 1. The maximum Gasteiger partial charge on any atom is 0.228 e. The molecule has 0 bridgehead atoms. The molecule has 4 heteroatoms. The van der Waals surface area contributed by atoms with Gasteiger partial charge < -0.3 is 9.88 Å². The maximum absolute atomic E-state index is 13.7. The molecule has 1 atom stereocenters. The summed E-state index contributed by atoms with van der Waals surface area (Å²) >= 11 is 0. The van der Waals surface area contributed by atoms with Crippen molar-refractivity contribution in [1.29, 1.82) is 0 Å². The molecule has 1 heterocycles. The van der Waals surface area contributed by atoms with Gasteiger partial charge in [-0.3, -0.25) is 4.79 Å². The largest absolute Gasteiger partial charge is 0.351 e. The predicted octanol–water partition coefficient (Wildman–Crippen LogP) is 7.93. The minimum absolute atomic E-state index is 0.111. The minimum Gasteiger partial charge on any atom is -0.351 e. The normalized spacial score (nSPS) is 16.2. The third-order valence-corrected chi connectivity index (χ3v) is 8.58. The first-order chi connectivity index (χ1) is 19.8. The van der Waals surface area contributed by atoms with E-state index in [0.717, 1.165) is 54.7 Å². The molecule has 1 aromatic heterocycles. The number of carbonyl (C=O) groups is 1. The van der Waals surface area contributed by atoms with Gasteiger partial charge >= 0.3 is 0 Å². The number of fused-ring (bicyclic) bond motifs is 1. The Kier molecular flexibility index (Phi) is 8.23. The molecule has 2 aliphatic rings. The zero-order chi connectivity index (χ0) is 27.1. The van der Waals surface area contributed by atoms with Crippen molar-refractivity contribution in [2.24, 2.45) is 5.92 Å². The van der Waals surface area contributed by atoms with Crippen molar-refractivity contribution >= 4 is 12.0 Å². The summed E-state index contributed by atoms with van der Waals surface area (Å²) in [6.45, 7) is 1.33. The fraction of sp³-hybridized carbons (Fsp3) is 0.333. The molecule has 0 spiro atoms. The minimum atomic E-state index is -0.111. The van der Waals surface area contributed by atoms with E-state index < -0.39 is 0 Å². The van der Waals surface area contributed by atoms with Gasteiger partial charge in [-0.15, -0.1) is 0 Å². The third kappa shape index (κ3) is 5.96. The van der Waals surface area contributed by atoms with Gasteiger partial charge in [-0.2, -0.15) is 0 Å². The van der Waals surface area contributed by atoms with Crippen LogP contribution in [0.4, 0.5) is 0 Å². The van der Waals surface area contributed by atoms with Crippen LogP contribution in [-0.2, 0) is 24.3 Å². The highest BCUT2D eigenvalue weighted by molar-refractivity contribution is 5.84. The molecule has 204 valence electrons. The average molecular weight is 530 g/mol. The van der Waals surface area contributed by atoms with Gasteiger partial charge in [0.2, 0.25) is 5.91 Å². The third-order valence-electron chi connectivity index (χ3n) is 8.58. The van der Waals surface area contributed by atoms with Gasteiger partial charge in [-0.25, -0.2) is 4.98 Å². The summed E-state index contributed by atoms with van der Waals surface area (Å²) in [6.07, 6.45) is 13.7. The number of nitrogens with one attached hydrogen (secondary N) is 1. The molecular formula is C36H39N3O. The van der Waals surface area contributed by atoms with Gasteiger partial charge in [0.1, 0.15) is 5.82 Å². The van der Waals surface area contributed by atoms with E-state index in [2.05, 4.69) is 88.8 Å². The van der Waals surface area contributed by atoms with Crippen LogP contribution in [-0.4, -0.2) is 15.5 Å². The fourth-order valence-corrected chi connectivity index (χ4v) is 6.46. The summed E-state index contributed by atoms with van der Waals surface area (Å²) < 4.78 is 2.35. The molecule has 0 radical (unpaired) electrons. The second-order valence-electron chi connectivity index (χ2n) is 11.3. The Morgan fingerprint density at radius 3 is 2.27 bits per heavy atom. The first kappa shape index (κ1) is 26.3. The van der Waals surface area contributed by atoms with Crippen LogP contribution in [0.2, 0.25) is 0 Å². The van der Waals surface area contributed by atoms with Gasteiger partial charge in [-0.05, 0) is 54.4 Å². The van der Waals surface area contributed by atoms with Crippen LogP contribution in [0.25, 0.3) is 17.5 Å². The van der Waals surface area contributed by atoms with Crippen molar-refractivity contribution in [3.05, 3.63) is 119 Å². The first-order valence-corrected chi connectivity index (χ1v) is 15.0. The van der Waals surface area contributed by atoms with Crippen LogP contribution < -0.4 is 5.32 Å². The van der Waals surface area contributed by atoms with E-state index in [1.54, 1.807) is 0 Å². The van der Waals surface area contributed by atoms with Crippen molar-refractivity contribution in [3.8, 4) is 11.4 Å². The second-order valence-corrected chi connectivity index (χ2v) is 11.3. The van der Waals surface area contributed by atoms with Crippen molar-refractivity contribution in [3.63, 3.8) is 0 Å². The predicted molar refractivity (Wildman–Crippen MR) is 163 cm³/mol. The van der Waals surface area contributed by atoms with Gasteiger partial charge in [0.25, 0.3) is 0 Å². The van der Waals surface area contributed by atoms with Gasteiger partial charge in [0, 0.05) is 18.7 Å². The van der Waals surface area contributed by atoms with Gasteiger partial charge in [0.15, 0.2) is 0 Å². The Bertz CT molecular complexity index is 1430. The van der Waals surface area contributed by atoms with Gasteiger partial charge in [-0.1, -0.05) is 117 Å². The smallest absolute Gasteiger partial charge is 0.228 e. The SMILES string of the molecule is O=C(NCc1ccccc1)C(c1ccc(Cn2c(-c3ccccc3)nc3c2C=CCC3)cc1)C1CCCCCC1. The summed E-state index contributed by atoms with van der Waals surface area (Å²) in [5, 5.41) is 3.27. The fourth-order valence-electron chi connectivity index (χ4n) is 6.46. The topological polar surface area (TPSA) is 46.9 Å². The van der Waals surface area contributed by atoms with Crippen molar-refractivity contribution in [2.45, 2.75) is 70.4 Å². The van der Waals surface area contributed by atoms with Crippen LogP contribution in [0.1, 0.15) is 78.9 Å². The molecule has 0 saturated heterocycles. The van der Waals surface area contributed by atoms with E-state index in [9.17, 15) is 4.79 Å². The van der Waals surface area contributed by atoms with E-state index in [0.29, 0.717) is 12.5 Å². The number of aryl methyl sites for hydroxylation is 1. The maximum atomic E-state index is 13.7. The van der Waals surface area contributed by atoms with E-state index in [-0.39, 0.29) is 11.8 Å². The molecule has 2 aliphatic carbocycles. The quantitative estimate of drug-likeness (QED) is 0.236. The van der Waals surface area contributed by atoms with Crippen LogP contribution in [0.5, 0.6) is 0 Å². The zero-order valence-corrected chi connectivity index (χ0v) is 23.3. The van der Waals surface area contributed by atoms with Gasteiger partial charge in [0.05, 0.1) is 17.3 Å². The molecule has 1 unspecified atom stereocenters. The lowest BCUT2D eigenvalue weighted by atomic mass is 9.80. The Labute approximate surface area is 238 Å². The number of aromatic nitrogens is 2. The van der Waals surface area contributed by atoms with E-state index in [1.165, 1.54) is 42.6 Å². The second kappa shape index (κ2) is 12.5. The van der Waals surface area contributed by atoms with E-state index >= 15 is 0 Å². The van der Waals surface area contributed by atoms with Crippen molar-refractivity contribution in [2.75, 3.05) is 0 Å². The molecule has 6 rings (SSSR count). The monoisotopic (exact) mass is 529 g/mol. The summed E-state index contributed by atoms with van der Waals surface area (Å²) in [7, 11) is 0.